The molecule has 84 valence electrons. The molecule has 0 amide bonds. The zero-order chi connectivity index (χ0) is 11.7. The van der Waals surface area contributed by atoms with Crippen molar-refractivity contribution >= 4 is 0 Å². The molecule has 0 unspecified atom stereocenters. The average Bonchev–Trinajstić information content (AvgIpc) is 2.16. The lowest BCUT2D eigenvalue weighted by molar-refractivity contribution is 0.219. The fraction of sp³-hybridized carbons (Fsp3) is 0.571. The third-order valence-electron chi connectivity index (χ3n) is 3.66. The van der Waals surface area contributed by atoms with Gasteiger partial charge in [-0.15, -0.1) is 0 Å². The Morgan fingerprint density at radius 2 is 1.47 bits per heavy atom. The number of para-hydroxylation sites is 1. The number of hydrogen-bond acceptors (Lipinski definition) is 1. The average molecular weight is 206 g/mol. The summed E-state index contributed by atoms with van der Waals surface area (Å²) in [6, 6.07) is 8.28. The Labute approximate surface area is 93.5 Å². The third-order valence-corrected chi connectivity index (χ3v) is 3.66. The standard InChI is InChI=1S/C14H22O/c1-13(2,3)14(4,5)11-9-7-8-10-12(11)15-6/h7-10H,1-6H3. The molecule has 0 N–H and O–H groups in total. The highest BCUT2D eigenvalue weighted by Crippen LogP contribution is 2.44. The minimum absolute atomic E-state index is 0.0968. The van der Waals surface area contributed by atoms with Gasteiger partial charge in [0, 0.05) is 5.56 Å². The van der Waals surface area contributed by atoms with E-state index in [1.54, 1.807) is 7.11 Å². The first-order valence-corrected chi connectivity index (χ1v) is 5.44. The molecule has 0 spiro atoms. The van der Waals surface area contributed by atoms with Gasteiger partial charge >= 0.3 is 0 Å². The zero-order valence-corrected chi connectivity index (χ0v) is 10.7. The van der Waals surface area contributed by atoms with E-state index in [0.717, 1.165) is 5.75 Å². The van der Waals surface area contributed by atoms with Crippen molar-refractivity contribution in [1.29, 1.82) is 0 Å². The quantitative estimate of drug-likeness (QED) is 0.710. The van der Waals surface area contributed by atoms with Crippen molar-refractivity contribution in [1.82, 2.24) is 0 Å². The molecule has 1 heteroatoms. The first kappa shape index (κ1) is 12.1. The van der Waals surface area contributed by atoms with Gasteiger partial charge in [0.05, 0.1) is 7.11 Å². The van der Waals surface area contributed by atoms with Gasteiger partial charge in [-0.05, 0) is 16.9 Å². The van der Waals surface area contributed by atoms with Crippen molar-refractivity contribution in [3.05, 3.63) is 29.8 Å². The highest BCUT2D eigenvalue weighted by Gasteiger charge is 2.36. The fourth-order valence-corrected chi connectivity index (χ4v) is 1.56. The Morgan fingerprint density at radius 1 is 0.933 bits per heavy atom. The first-order valence-electron chi connectivity index (χ1n) is 5.44. The first-order chi connectivity index (χ1) is 6.80. The molecule has 0 aromatic heterocycles. The van der Waals surface area contributed by atoms with E-state index < -0.39 is 0 Å². The van der Waals surface area contributed by atoms with Crippen LogP contribution in [-0.2, 0) is 5.41 Å². The largest absolute Gasteiger partial charge is 0.496 e. The van der Waals surface area contributed by atoms with Crippen LogP contribution in [0.3, 0.4) is 0 Å². The van der Waals surface area contributed by atoms with E-state index in [9.17, 15) is 0 Å². The molecular formula is C14H22O. The van der Waals surface area contributed by atoms with Gasteiger partial charge in [0.2, 0.25) is 0 Å². The molecule has 15 heavy (non-hydrogen) atoms. The predicted octanol–water partition coefficient (Wildman–Crippen LogP) is 4.02. The summed E-state index contributed by atoms with van der Waals surface area (Å²) in [6.07, 6.45) is 0. The monoisotopic (exact) mass is 206 g/mol. The minimum Gasteiger partial charge on any atom is -0.496 e. The molecule has 1 rings (SSSR count). The van der Waals surface area contributed by atoms with Crippen LogP contribution in [0.4, 0.5) is 0 Å². The number of ether oxygens (including phenoxy) is 1. The van der Waals surface area contributed by atoms with E-state index in [1.807, 2.05) is 12.1 Å². The molecule has 1 aromatic rings. The second-order valence-corrected chi connectivity index (χ2v) is 5.58. The summed E-state index contributed by atoms with van der Waals surface area (Å²) < 4.78 is 5.43. The maximum Gasteiger partial charge on any atom is 0.122 e. The highest BCUT2D eigenvalue weighted by atomic mass is 16.5. The van der Waals surface area contributed by atoms with E-state index in [-0.39, 0.29) is 10.8 Å². The lowest BCUT2D eigenvalue weighted by Gasteiger charge is -2.40. The topological polar surface area (TPSA) is 9.23 Å². The van der Waals surface area contributed by atoms with Crippen molar-refractivity contribution in [3.63, 3.8) is 0 Å². The molecule has 0 heterocycles. The number of benzene rings is 1. The Morgan fingerprint density at radius 3 is 1.93 bits per heavy atom. The van der Waals surface area contributed by atoms with Crippen molar-refractivity contribution in [2.45, 2.75) is 40.0 Å². The van der Waals surface area contributed by atoms with Gasteiger partial charge < -0.3 is 4.74 Å². The van der Waals surface area contributed by atoms with Gasteiger partial charge in [-0.25, -0.2) is 0 Å². The molecule has 0 saturated carbocycles. The van der Waals surface area contributed by atoms with Crippen LogP contribution in [0.2, 0.25) is 0 Å². The maximum absolute atomic E-state index is 5.43. The number of methoxy groups -OCH3 is 1. The van der Waals surface area contributed by atoms with Crippen LogP contribution in [0.25, 0.3) is 0 Å². The van der Waals surface area contributed by atoms with Crippen LogP contribution < -0.4 is 4.74 Å². The van der Waals surface area contributed by atoms with Gasteiger partial charge in [-0.2, -0.15) is 0 Å². The van der Waals surface area contributed by atoms with Crippen LogP contribution >= 0.6 is 0 Å². The Bertz CT molecular complexity index is 331. The van der Waals surface area contributed by atoms with E-state index in [0.29, 0.717) is 0 Å². The third kappa shape index (κ3) is 2.17. The molecular weight excluding hydrogens is 184 g/mol. The van der Waals surface area contributed by atoms with E-state index in [2.05, 4.69) is 46.8 Å². The van der Waals surface area contributed by atoms with Crippen LogP contribution in [-0.4, -0.2) is 7.11 Å². The Hall–Kier alpha value is -0.980. The van der Waals surface area contributed by atoms with Crippen LogP contribution in [0, 0.1) is 5.41 Å². The van der Waals surface area contributed by atoms with Crippen molar-refractivity contribution in [2.24, 2.45) is 5.41 Å². The second-order valence-electron chi connectivity index (χ2n) is 5.58. The lowest BCUT2D eigenvalue weighted by Crippen LogP contribution is -2.34. The Kier molecular flexibility index (Phi) is 3.13. The zero-order valence-electron chi connectivity index (χ0n) is 10.7. The highest BCUT2D eigenvalue weighted by molar-refractivity contribution is 5.39. The van der Waals surface area contributed by atoms with Crippen molar-refractivity contribution in [2.75, 3.05) is 7.11 Å². The molecule has 0 aliphatic heterocycles. The molecule has 0 aliphatic rings. The summed E-state index contributed by atoms with van der Waals surface area (Å²) in [6.45, 7) is 11.3. The molecule has 1 nitrogen and oxygen atoms in total. The maximum atomic E-state index is 5.43. The number of hydrogen-bond donors (Lipinski definition) is 0. The summed E-state index contributed by atoms with van der Waals surface area (Å²) in [7, 11) is 1.73. The van der Waals surface area contributed by atoms with Crippen molar-refractivity contribution in [3.8, 4) is 5.75 Å². The van der Waals surface area contributed by atoms with Gasteiger partial charge in [-0.1, -0.05) is 52.8 Å². The molecule has 1 aromatic carbocycles. The smallest absolute Gasteiger partial charge is 0.122 e. The normalized spacial score (nSPS) is 12.7. The van der Waals surface area contributed by atoms with Gasteiger partial charge in [0.25, 0.3) is 0 Å². The lowest BCUT2D eigenvalue weighted by atomic mass is 9.65. The predicted molar refractivity (Wildman–Crippen MR) is 65.5 cm³/mol. The second kappa shape index (κ2) is 3.88. The summed E-state index contributed by atoms with van der Waals surface area (Å²) >= 11 is 0. The molecule has 0 atom stereocenters. The summed E-state index contributed by atoms with van der Waals surface area (Å²) in [5.74, 6) is 0.984. The molecule has 0 radical (unpaired) electrons. The molecule has 0 bridgehead atoms. The molecule has 0 saturated heterocycles. The van der Waals surface area contributed by atoms with Gasteiger partial charge in [-0.3, -0.25) is 0 Å². The SMILES string of the molecule is COc1ccccc1C(C)(C)C(C)(C)C. The minimum atomic E-state index is 0.0968. The summed E-state index contributed by atoms with van der Waals surface area (Å²) in [5, 5.41) is 0. The van der Waals surface area contributed by atoms with Crippen LogP contribution in [0.1, 0.15) is 40.2 Å². The van der Waals surface area contributed by atoms with Crippen LogP contribution in [0.5, 0.6) is 5.75 Å². The van der Waals surface area contributed by atoms with Crippen LogP contribution in [0.15, 0.2) is 24.3 Å². The van der Waals surface area contributed by atoms with Gasteiger partial charge in [0.15, 0.2) is 0 Å². The van der Waals surface area contributed by atoms with Gasteiger partial charge in [0.1, 0.15) is 5.75 Å². The Balaban J connectivity index is 3.26. The molecule has 0 fully saturated rings. The fourth-order valence-electron chi connectivity index (χ4n) is 1.56. The summed E-state index contributed by atoms with van der Waals surface area (Å²) in [5.41, 5.74) is 1.58. The molecule has 0 aliphatic carbocycles. The van der Waals surface area contributed by atoms with Crippen molar-refractivity contribution < 1.29 is 4.74 Å². The summed E-state index contributed by atoms with van der Waals surface area (Å²) in [4.78, 5) is 0. The number of rotatable bonds is 2. The van der Waals surface area contributed by atoms with E-state index in [1.165, 1.54) is 5.56 Å². The van der Waals surface area contributed by atoms with E-state index in [4.69, 9.17) is 4.74 Å². The van der Waals surface area contributed by atoms with E-state index >= 15 is 0 Å².